The minimum absolute atomic E-state index is 0.0377. The number of aliphatic hydroxyl groups excluding tert-OH is 2. The van der Waals surface area contributed by atoms with Gasteiger partial charge in [-0.1, -0.05) is 203 Å². The normalized spacial score (nSPS) is 19.0. The molecular formula is C59H98O12. The van der Waals surface area contributed by atoms with Crippen LogP contribution < -0.4 is 0 Å². The van der Waals surface area contributed by atoms with Gasteiger partial charge in [0.25, 0.3) is 0 Å². The third kappa shape index (κ3) is 37.6. The molecule has 0 saturated carbocycles. The fourth-order valence-electron chi connectivity index (χ4n) is 8.00. The van der Waals surface area contributed by atoms with Crippen LogP contribution in [0.15, 0.2) is 72.9 Å². The van der Waals surface area contributed by atoms with Gasteiger partial charge in [-0.25, -0.2) is 4.79 Å². The number of carboxylic acid groups (broad SMARTS) is 1. The van der Waals surface area contributed by atoms with Crippen molar-refractivity contribution in [2.24, 2.45) is 0 Å². The molecule has 1 aliphatic heterocycles. The summed E-state index contributed by atoms with van der Waals surface area (Å²) in [6, 6.07) is 0. The van der Waals surface area contributed by atoms with E-state index in [9.17, 15) is 34.5 Å². The lowest BCUT2D eigenvalue weighted by atomic mass is 9.98. The van der Waals surface area contributed by atoms with Crippen molar-refractivity contribution in [3.05, 3.63) is 72.9 Å². The van der Waals surface area contributed by atoms with Gasteiger partial charge in [-0.3, -0.25) is 14.4 Å². The second-order valence-electron chi connectivity index (χ2n) is 18.8. The van der Waals surface area contributed by atoms with Gasteiger partial charge < -0.3 is 39.0 Å². The summed E-state index contributed by atoms with van der Waals surface area (Å²) < 4.78 is 28.2. The number of esters is 3. The first-order valence-corrected chi connectivity index (χ1v) is 27.9. The van der Waals surface area contributed by atoms with Gasteiger partial charge in [-0.2, -0.15) is 0 Å². The number of aliphatic carboxylic acids is 1. The number of hydrogen-bond acceptors (Lipinski definition) is 11. The van der Waals surface area contributed by atoms with E-state index >= 15 is 0 Å². The molecule has 1 heterocycles. The molecule has 1 rings (SSSR count). The summed E-state index contributed by atoms with van der Waals surface area (Å²) >= 11 is 0. The number of carboxylic acids is 1. The molecule has 12 nitrogen and oxygen atoms in total. The lowest BCUT2D eigenvalue weighted by Crippen LogP contribution is -2.61. The highest BCUT2D eigenvalue weighted by molar-refractivity contribution is 5.74. The predicted molar refractivity (Wildman–Crippen MR) is 285 cm³/mol. The Morgan fingerprint density at radius 1 is 0.479 bits per heavy atom. The van der Waals surface area contributed by atoms with Gasteiger partial charge in [-0.05, 0) is 77.0 Å². The van der Waals surface area contributed by atoms with Crippen LogP contribution in [0.4, 0.5) is 0 Å². The summed E-state index contributed by atoms with van der Waals surface area (Å²) in [6.07, 6.45) is 46.1. The van der Waals surface area contributed by atoms with Crippen LogP contribution in [0.1, 0.15) is 226 Å². The quantitative estimate of drug-likeness (QED) is 0.0228. The number of aliphatic hydroxyl groups is 2. The Morgan fingerprint density at radius 3 is 1.44 bits per heavy atom. The number of hydrogen-bond donors (Lipinski definition) is 3. The smallest absolute Gasteiger partial charge is 0.335 e. The largest absolute Gasteiger partial charge is 0.479 e. The van der Waals surface area contributed by atoms with E-state index in [1.54, 1.807) is 0 Å². The second-order valence-corrected chi connectivity index (χ2v) is 18.8. The number of rotatable bonds is 46. The Balaban J connectivity index is 2.76. The van der Waals surface area contributed by atoms with Crippen molar-refractivity contribution >= 4 is 23.9 Å². The van der Waals surface area contributed by atoms with Crippen molar-refractivity contribution in [3.8, 4) is 0 Å². The summed E-state index contributed by atoms with van der Waals surface area (Å²) in [7, 11) is 0. The molecule has 406 valence electrons. The first-order chi connectivity index (χ1) is 34.6. The van der Waals surface area contributed by atoms with E-state index in [1.807, 2.05) is 12.2 Å². The van der Waals surface area contributed by atoms with Crippen molar-refractivity contribution in [3.63, 3.8) is 0 Å². The van der Waals surface area contributed by atoms with Crippen molar-refractivity contribution < 1.29 is 58.2 Å². The fraction of sp³-hybridized carbons (Fsp3) is 0.729. The van der Waals surface area contributed by atoms with Gasteiger partial charge in [0.15, 0.2) is 24.6 Å². The average Bonchev–Trinajstić information content (AvgIpc) is 3.35. The molecule has 1 saturated heterocycles. The first-order valence-electron chi connectivity index (χ1n) is 27.9. The zero-order valence-electron chi connectivity index (χ0n) is 44.4. The Kier molecular flexibility index (Phi) is 43.3. The summed E-state index contributed by atoms with van der Waals surface area (Å²) in [6.45, 7) is 5.76. The van der Waals surface area contributed by atoms with Crippen LogP contribution in [0.25, 0.3) is 0 Å². The highest BCUT2D eigenvalue weighted by Gasteiger charge is 2.50. The van der Waals surface area contributed by atoms with Gasteiger partial charge in [0, 0.05) is 19.3 Å². The number of carbonyl (C=O) groups is 4. The zero-order valence-corrected chi connectivity index (χ0v) is 44.4. The third-order valence-corrected chi connectivity index (χ3v) is 12.3. The molecule has 0 spiro atoms. The van der Waals surface area contributed by atoms with Crippen molar-refractivity contribution in [1.82, 2.24) is 0 Å². The molecule has 3 N–H and O–H groups in total. The zero-order chi connectivity index (χ0) is 51.8. The SMILES string of the molecule is CC/C=C\C/C=C\C/C=C\C/C=C\CCC(=O)OC(COC(=O)CCCCCCC/C=C\C/C=C\CCCCC)COC1OC(C(=O)O)C(O)C(O)C1OC(=O)CCCCCCCCCCCCCCC. The van der Waals surface area contributed by atoms with Crippen molar-refractivity contribution in [2.45, 2.75) is 263 Å². The maximum absolute atomic E-state index is 13.1. The summed E-state index contributed by atoms with van der Waals surface area (Å²) in [5.41, 5.74) is 0. The van der Waals surface area contributed by atoms with Gasteiger partial charge in [0.05, 0.1) is 6.61 Å². The standard InChI is InChI=1S/C59H98O12/c1-4-7-10-13-16-19-22-25-26-29-30-33-36-39-42-45-51(60)67-48-50(69-52(61)46-43-40-37-34-31-27-23-20-17-14-11-8-5-2)49-68-59-57(55(64)54(63)56(71-59)58(65)66)70-53(62)47-44-41-38-35-32-28-24-21-18-15-12-9-6-3/h8,11,16-17,19-20,25-27,31,37,40,50,54-57,59,63-64H,4-7,9-10,12-15,18,21-24,28-30,32-36,38-39,41-49H2,1-3H3,(H,65,66)/b11-8-,19-16-,20-17-,26-25-,31-27-,40-37-. The topological polar surface area (TPSA) is 175 Å². The van der Waals surface area contributed by atoms with Crippen LogP contribution in [0.3, 0.4) is 0 Å². The average molecular weight is 999 g/mol. The summed E-state index contributed by atoms with van der Waals surface area (Å²) in [5.74, 6) is -3.25. The highest BCUT2D eigenvalue weighted by atomic mass is 16.7. The number of carbonyl (C=O) groups excluding carboxylic acids is 3. The minimum Gasteiger partial charge on any atom is -0.479 e. The maximum Gasteiger partial charge on any atom is 0.335 e. The van der Waals surface area contributed by atoms with E-state index in [0.717, 1.165) is 89.9 Å². The van der Waals surface area contributed by atoms with Crippen LogP contribution in [0.2, 0.25) is 0 Å². The molecule has 6 atom stereocenters. The van der Waals surface area contributed by atoms with E-state index in [1.165, 1.54) is 70.6 Å². The van der Waals surface area contributed by atoms with Crippen LogP contribution in [0, 0.1) is 0 Å². The van der Waals surface area contributed by atoms with E-state index in [4.69, 9.17) is 23.7 Å². The maximum atomic E-state index is 13.1. The second kappa shape index (κ2) is 47.2. The van der Waals surface area contributed by atoms with Gasteiger partial charge in [-0.15, -0.1) is 0 Å². The molecule has 0 aliphatic carbocycles. The Hall–Kier alpha value is -3.84. The predicted octanol–water partition coefficient (Wildman–Crippen LogP) is 13.8. The summed E-state index contributed by atoms with van der Waals surface area (Å²) in [5, 5.41) is 31.4. The highest BCUT2D eigenvalue weighted by Crippen LogP contribution is 2.26. The third-order valence-electron chi connectivity index (χ3n) is 12.3. The van der Waals surface area contributed by atoms with Gasteiger partial charge in [0.2, 0.25) is 0 Å². The van der Waals surface area contributed by atoms with Crippen molar-refractivity contribution in [2.75, 3.05) is 13.2 Å². The molecule has 6 unspecified atom stereocenters. The van der Waals surface area contributed by atoms with Crippen LogP contribution in [-0.2, 0) is 42.9 Å². The molecule has 12 heteroatoms. The Morgan fingerprint density at radius 2 is 0.915 bits per heavy atom. The number of unbranched alkanes of at least 4 members (excludes halogenated alkanes) is 20. The van der Waals surface area contributed by atoms with Gasteiger partial charge in [0.1, 0.15) is 18.8 Å². The van der Waals surface area contributed by atoms with Crippen LogP contribution >= 0.6 is 0 Å². The molecule has 0 bridgehead atoms. The van der Waals surface area contributed by atoms with Crippen molar-refractivity contribution in [1.29, 1.82) is 0 Å². The van der Waals surface area contributed by atoms with Gasteiger partial charge >= 0.3 is 23.9 Å². The molecule has 0 aromatic rings. The van der Waals surface area contributed by atoms with Crippen LogP contribution in [-0.4, -0.2) is 89.2 Å². The molecule has 0 amide bonds. The first kappa shape index (κ1) is 65.2. The lowest BCUT2D eigenvalue weighted by molar-refractivity contribution is -0.301. The molecule has 0 radical (unpaired) electrons. The Bertz CT molecular complexity index is 1510. The summed E-state index contributed by atoms with van der Waals surface area (Å²) in [4.78, 5) is 50.9. The van der Waals surface area contributed by atoms with E-state index in [0.29, 0.717) is 25.7 Å². The fourth-order valence-corrected chi connectivity index (χ4v) is 8.00. The monoisotopic (exact) mass is 999 g/mol. The minimum atomic E-state index is -1.91. The molecule has 71 heavy (non-hydrogen) atoms. The molecule has 0 aromatic heterocycles. The number of allylic oxidation sites excluding steroid dienone is 12. The molecular weight excluding hydrogens is 901 g/mol. The number of ether oxygens (including phenoxy) is 5. The Labute approximate surface area is 429 Å². The molecule has 1 fully saturated rings. The van der Waals surface area contributed by atoms with Crippen LogP contribution in [0.5, 0.6) is 0 Å². The molecule has 0 aromatic carbocycles. The lowest BCUT2D eigenvalue weighted by Gasteiger charge is -2.40. The van der Waals surface area contributed by atoms with E-state index in [2.05, 4.69) is 81.5 Å². The van der Waals surface area contributed by atoms with E-state index < -0.39 is 67.3 Å². The molecule has 1 aliphatic rings. The van der Waals surface area contributed by atoms with E-state index in [-0.39, 0.29) is 25.9 Å².